The molecule has 0 radical (unpaired) electrons. The molecule has 3 rings (SSSR count). The van der Waals surface area contributed by atoms with Crippen molar-refractivity contribution in [2.45, 2.75) is 38.8 Å². The molecule has 3 heteroatoms. The molecular weight excluding hydrogens is 202 g/mol. The summed E-state index contributed by atoms with van der Waals surface area (Å²) in [6.07, 6.45) is 1.13. The number of ether oxygens (including phenoxy) is 1. The predicted octanol–water partition coefficient (Wildman–Crippen LogP) is 2.16. The van der Waals surface area contributed by atoms with Crippen LogP contribution in [0, 0.1) is 0 Å². The highest BCUT2D eigenvalue weighted by Crippen LogP contribution is 2.28. The van der Waals surface area contributed by atoms with E-state index in [1.165, 1.54) is 11.3 Å². The van der Waals surface area contributed by atoms with Gasteiger partial charge in [0.15, 0.2) is 0 Å². The van der Waals surface area contributed by atoms with E-state index in [-0.39, 0.29) is 0 Å². The Labute approximate surface area is 96.4 Å². The quantitative estimate of drug-likeness (QED) is 0.765. The summed E-state index contributed by atoms with van der Waals surface area (Å²) in [5.74, 6) is 2.81. The minimum atomic E-state index is 0.492. The van der Waals surface area contributed by atoms with E-state index in [1.54, 1.807) is 0 Å². The van der Waals surface area contributed by atoms with E-state index in [4.69, 9.17) is 9.15 Å². The third-order valence-corrected chi connectivity index (χ3v) is 3.64. The molecule has 0 saturated carbocycles. The molecular formula is C13H19NO2. The van der Waals surface area contributed by atoms with Gasteiger partial charge < -0.3 is 9.15 Å². The number of hydrogen-bond acceptors (Lipinski definition) is 3. The zero-order valence-corrected chi connectivity index (χ0v) is 10.0. The van der Waals surface area contributed by atoms with Crippen LogP contribution in [0.3, 0.4) is 0 Å². The summed E-state index contributed by atoms with van der Waals surface area (Å²) < 4.78 is 11.2. The van der Waals surface area contributed by atoms with Gasteiger partial charge in [-0.05, 0) is 18.1 Å². The van der Waals surface area contributed by atoms with Crippen molar-refractivity contribution < 1.29 is 9.15 Å². The normalized spacial score (nSPS) is 22.2. The molecule has 0 amide bonds. The molecule has 2 aliphatic heterocycles. The number of nitrogens with zero attached hydrogens (tertiary/aromatic N) is 1. The Morgan fingerprint density at radius 1 is 1.38 bits per heavy atom. The molecule has 0 aliphatic carbocycles. The Morgan fingerprint density at radius 3 is 2.81 bits per heavy atom. The van der Waals surface area contributed by atoms with E-state index < -0.39 is 0 Å². The second-order valence-corrected chi connectivity index (χ2v) is 5.16. The van der Waals surface area contributed by atoms with Gasteiger partial charge >= 0.3 is 0 Å². The molecule has 0 spiro atoms. The van der Waals surface area contributed by atoms with Gasteiger partial charge in [-0.1, -0.05) is 13.8 Å². The van der Waals surface area contributed by atoms with Crippen LogP contribution in [0.2, 0.25) is 0 Å². The largest absolute Gasteiger partial charge is 0.464 e. The van der Waals surface area contributed by atoms with Gasteiger partial charge in [-0.2, -0.15) is 0 Å². The number of fused-ring (bicyclic) bond motifs is 1. The monoisotopic (exact) mass is 221 g/mol. The van der Waals surface area contributed by atoms with E-state index in [0.29, 0.717) is 12.0 Å². The number of rotatable bonds is 2. The summed E-state index contributed by atoms with van der Waals surface area (Å²) in [6, 6.07) is 2.87. The molecule has 2 aliphatic rings. The van der Waals surface area contributed by atoms with Crippen molar-refractivity contribution in [3.05, 3.63) is 23.2 Å². The van der Waals surface area contributed by atoms with Crippen molar-refractivity contribution in [2.24, 2.45) is 0 Å². The Kier molecular flexibility index (Phi) is 2.52. The highest BCUT2D eigenvalue weighted by atomic mass is 16.5. The second kappa shape index (κ2) is 3.90. The van der Waals surface area contributed by atoms with Crippen molar-refractivity contribution in [2.75, 3.05) is 19.8 Å². The summed E-state index contributed by atoms with van der Waals surface area (Å²) in [5.41, 5.74) is 1.42. The van der Waals surface area contributed by atoms with Gasteiger partial charge in [0.1, 0.15) is 11.5 Å². The molecule has 3 nitrogen and oxygen atoms in total. The molecule has 0 aromatic carbocycles. The van der Waals surface area contributed by atoms with Crippen LogP contribution in [0.25, 0.3) is 0 Å². The Morgan fingerprint density at radius 2 is 2.19 bits per heavy atom. The molecule has 88 valence electrons. The van der Waals surface area contributed by atoms with Gasteiger partial charge in [-0.25, -0.2) is 0 Å². The van der Waals surface area contributed by atoms with Crippen molar-refractivity contribution in [3.63, 3.8) is 0 Å². The lowest BCUT2D eigenvalue weighted by atomic mass is 10.0. The van der Waals surface area contributed by atoms with Crippen LogP contribution >= 0.6 is 0 Å². The molecule has 0 unspecified atom stereocenters. The van der Waals surface area contributed by atoms with Crippen molar-refractivity contribution in [3.8, 4) is 0 Å². The molecule has 0 bridgehead atoms. The minimum absolute atomic E-state index is 0.492. The summed E-state index contributed by atoms with van der Waals surface area (Å²) in [7, 11) is 0. The third-order valence-electron chi connectivity index (χ3n) is 3.64. The first-order chi connectivity index (χ1) is 7.74. The van der Waals surface area contributed by atoms with Crippen LogP contribution in [0.15, 0.2) is 10.5 Å². The van der Waals surface area contributed by atoms with E-state index >= 15 is 0 Å². The summed E-state index contributed by atoms with van der Waals surface area (Å²) in [5, 5.41) is 0. The fraction of sp³-hybridized carbons (Fsp3) is 0.692. The standard InChI is InChI=1S/C13H19NO2/c1-9(2)12-5-10-3-4-14(6-13(10)16-12)11-7-15-8-11/h5,9,11H,3-4,6-8H2,1-2H3. The van der Waals surface area contributed by atoms with Gasteiger partial charge in [-0.15, -0.1) is 0 Å². The van der Waals surface area contributed by atoms with Crippen molar-refractivity contribution >= 4 is 0 Å². The summed E-state index contributed by atoms with van der Waals surface area (Å²) in [6.45, 7) is 8.28. The maximum absolute atomic E-state index is 5.93. The van der Waals surface area contributed by atoms with Crippen LogP contribution in [0.1, 0.15) is 36.8 Å². The average Bonchev–Trinajstić information content (AvgIpc) is 2.57. The fourth-order valence-corrected chi connectivity index (χ4v) is 2.39. The van der Waals surface area contributed by atoms with Gasteiger partial charge in [0, 0.05) is 12.5 Å². The van der Waals surface area contributed by atoms with E-state index in [1.807, 2.05) is 0 Å². The lowest BCUT2D eigenvalue weighted by molar-refractivity contribution is -0.0714. The maximum atomic E-state index is 5.93. The van der Waals surface area contributed by atoms with Crippen molar-refractivity contribution in [1.82, 2.24) is 4.90 Å². The number of furan rings is 1. The highest BCUT2D eigenvalue weighted by Gasteiger charge is 2.30. The zero-order chi connectivity index (χ0) is 11.1. The zero-order valence-electron chi connectivity index (χ0n) is 10.0. The molecule has 0 atom stereocenters. The second-order valence-electron chi connectivity index (χ2n) is 5.16. The van der Waals surface area contributed by atoms with Crippen LogP contribution in [0.5, 0.6) is 0 Å². The van der Waals surface area contributed by atoms with Crippen LogP contribution in [-0.2, 0) is 17.7 Å². The van der Waals surface area contributed by atoms with Gasteiger partial charge in [0.2, 0.25) is 0 Å². The minimum Gasteiger partial charge on any atom is -0.464 e. The molecule has 1 aromatic heterocycles. The molecule has 16 heavy (non-hydrogen) atoms. The van der Waals surface area contributed by atoms with Crippen LogP contribution in [-0.4, -0.2) is 30.7 Å². The fourth-order valence-electron chi connectivity index (χ4n) is 2.39. The third kappa shape index (κ3) is 1.68. The van der Waals surface area contributed by atoms with E-state index in [0.717, 1.165) is 38.5 Å². The molecule has 3 heterocycles. The lowest BCUT2D eigenvalue weighted by Crippen LogP contribution is -2.50. The predicted molar refractivity (Wildman–Crippen MR) is 61.5 cm³/mol. The molecule has 1 saturated heterocycles. The Bertz CT molecular complexity index is 379. The molecule has 1 aromatic rings. The summed E-state index contributed by atoms with van der Waals surface area (Å²) >= 11 is 0. The van der Waals surface area contributed by atoms with Crippen molar-refractivity contribution in [1.29, 1.82) is 0 Å². The first kappa shape index (κ1) is 10.4. The first-order valence-electron chi connectivity index (χ1n) is 6.17. The topological polar surface area (TPSA) is 25.6 Å². The molecule has 0 N–H and O–H groups in total. The Hall–Kier alpha value is -0.800. The first-order valence-corrected chi connectivity index (χ1v) is 6.17. The number of hydrogen-bond donors (Lipinski definition) is 0. The SMILES string of the molecule is CC(C)c1cc2c(o1)CN(C1COC1)CC2. The summed E-state index contributed by atoms with van der Waals surface area (Å²) in [4.78, 5) is 2.49. The maximum Gasteiger partial charge on any atom is 0.121 e. The van der Waals surface area contributed by atoms with Gasteiger partial charge in [-0.3, -0.25) is 4.90 Å². The van der Waals surface area contributed by atoms with E-state index in [9.17, 15) is 0 Å². The van der Waals surface area contributed by atoms with Gasteiger partial charge in [0.25, 0.3) is 0 Å². The smallest absolute Gasteiger partial charge is 0.121 e. The lowest BCUT2D eigenvalue weighted by Gasteiger charge is -2.38. The molecule has 1 fully saturated rings. The van der Waals surface area contributed by atoms with Crippen LogP contribution < -0.4 is 0 Å². The highest BCUT2D eigenvalue weighted by molar-refractivity contribution is 5.25. The van der Waals surface area contributed by atoms with Gasteiger partial charge in [0.05, 0.1) is 25.8 Å². The average molecular weight is 221 g/mol. The van der Waals surface area contributed by atoms with E-state index in [2.05, 4.69) is 24.8 Å². The van der Waals surface area contributed by atoms with Crippen LogP contribution in [0.4, 0.5) is 0 Å². The Balaban J connectivity index is 1.77.